The van der Waals surface area contributed by atoms with Gasteiger partial charge < -0.3 is 4.90 Å². The van der Waals surface area contributed by atoms with Crippen LogP contribution in [0, 0.1) is 0 Å². The van der Waals surface area contributed by atoms with E-state index in [0.717, 1.165) is 19.5 Å². The van der Waals surface area contributed by atoms with Crippen LogP contribution in [-0.4, -0.2) is 25.0 Å². The van der Waals surface area contributed by atoms with Gasteiger partial charge in [-0.15, -0.1) is 6.58 Å². The molecule has 0 bridgehead atoms. The van der Waals surface area contributed by atoms with Crippen LogP contribution >= 0.6 is 0 Å². The summed E-state index contributed by atoms with van der Waals surface area (Å²) in [6, 6.07) is 21.3. The molecule has 2 rings (SSSR count). The smallest absolute Gasteiger partial charge is 0.0143 e. The standard InChI is InChI=1S/C19H23N/c1-3-18(19-12-8-5-9-13-19)16-20(2)15-14-17-10-6-4-7-11-17/h3-13,18H,1,14-16H2,2H3. The Labute approximate surface area is 122 Å². The zero-order valence-corrected chi connectivity index (χ0v) is 12.2. The van der Waals surface area contributed by atoms with Crippen LogP contribution in [0.2, 0.25) is 0 Å². The maximum Gasteiger partial charge on any atom is 0.0143 e. The van der Waals surface area contributed by atoms with E-state index in [0.29, 0.717) is 5.92 Å². The number of hydrogen-bond acceptors (Lipinski definition) is 1. The molecule has 0 saturated heterocycles. The number of benzene rings is 2. The van der Waals surface area contributed by atoms with Crippen LogP contribution in [0.3, 0.4) is 0 Å². The molecule has 0 amide bonds. The highest BCUT2D eigenvalue weighted by Crippen LogP contribution is 2.17. The number of hydrogen-bond donors (Lipinski definition) is 0. The lowest BCUT2D eigenvalue weighted by Crippen LogP contribution is -2.26. The molecule has 0 fully saturated rings. The molecule has 1 unspecified atom stereocenters. The fourth-order valence-corrected chi connectivity index (χ4v) is 2.41. The second kappa shape index (κ2) is 7.66. The molecule has 0 aromatic heterocycles. The maximum absolute atomic E-state index is 3.98. The van der Waals surface area contributed by atoms with Gasteiger partial charge in [0.1, 0.15) is 0 Å². The van der Waals surface area contributed by atoms with Crippen molar-refractivity contribution in [2.75, 3.05) is 20.1 Å². The van der Waals surface area contributed by atoms with E-state index in [1.807, 2.05) is 6.08 Å². The largest absolute Gasteiger partial charge is 0.305 e. The van der Waals surface area contributed by atoms with Crippen LogP contribution in [0.25, 0.3) is 0 Å². The Bertz CT molecular complexity index is 504. The summed E-state index contributed by atoms with van der Waals surface area (Å²) >= 11 is 0. The minimum Gasteiger partial charge on any atom is -0.305 e. The fraction of sp³-hybridized carbons (Fsp3) is 0.263. The highest BCUT2D eigenvalue weighted by molar-refractivity contribution is 5.23. The van der Waals surface area contributed by atoms with Crippen LogP contribution in [0.1, 0.15) is 17.0 Å². The minimum absolute atomic E-state index is 0.400. The van der Waals surface area contributed by atoms with Crippen LogP contribution in [0.5, 0.6) is 0 Å². The molecule has 0 heterocycles. The van der Waals surface area contributed by atoms with E-state index in [9.17, 15) is 0 Å². The molecule has 0 aliphatic heterocycles. The van der Waals surface area contributed by atoms with Gasteiger partial charge in [0.25, 0.3) is 0 Å². The average molecular weight is 265 g/mol. The van der Waals surface area contributed by atoms with Crippen LogP contribution in [-0.2, 0) is 6.42 Å². The Kier molecular flexibility index (Phi) is 5.57. The molecule has 0 spiro atoms. The van der Waals surface area contributed by atoms with Crippen LogP contribution < -0.4 is 0 Å². The van der Waals surface area contributed by atoms with Crippen molar-refractivity contribution in [1.29, 1.82) is 0 Å². The van der Waals surface area contributed by atoms with Crippen molar-refractivity contribution in [3.63, 3.8) is 0 Å². The lowest BCUT2D eigenvalue weighted by Gasteiger charge is -2.22. The van der Waals surface area contributed by atoms with Gasteiger partial charge in [-0.1, -0.05) is 66.7 Å². The molecule has 0 saturated carbocycles. The molecular formula is C19H23N. The topological polar surface area (TPSA) is 3.24 Å². The average Bonchev–Trinajstić information content (AvgIpc) is 2.52. The van der Waals surface area contributed by atoms with Crippen LogP contribution in [0.15, 0.2) is 73.3 Å². The molecule has 0 radical (unpaired) electrons. The second-order valence-corrected chi connectivity index (χ2v) is 5.25. The lowest BCUT2D eigenvalue weighted by atomic mass is 9.98. The SMILES string of the molecule is C=CC(CN(C)CCc1ccccc1)c1ccccc1. The van der Waals surface area contributed by atoms with E-state index < -0.39 is 0 Å². The Morgan fingerprint density at radius 3 is 2.20 bits per heavy atom. The van der Waals surface area contributed by atoms with Crippen molar-refractivity contribution < 1.29 is 0 Å². The molecule has 104 valence electrons. The fourth-order valence-electron chi connectivity index (χ4n) is 2.41. The quantitative estimate of drug-likeness (QED) is 0.680. The summed E-state index contributed by atoms with van der Waals surface area (Å²) in [7, 11) is 2.18. The van der Waals surface area contributed by atoms with Gasteiger partial charge in [0.05, 0.1) is 0 Å². The monoisotopic (exact) mass is 265 g/mol. The highest BCUT2D eigenvalue weighted by atomic mass is 15.1. The molecular weight excluding hydrogens is 242 g/mol. The van der Waals surface area contributed by atoms with Crippen molar-refractivity contribution in [3.8, 4) is 0 Å². The van der Waals surface area contributed by atoms with E-state index in [4.69, 9.17) is 0 Å². The van der Waals surface area contributed by atoms with Crippen molar-refractivity contribution in [2.45, 2.75) is 12.3 Å². The molecule has 1 heteroatoms. The summed E-state index contributed by atoms with van der Waals surface area (Å²) in [5.74, 6) is 0.400. The predicted molar refractivity (Wildman–Crippen MR) is 87.0 cm³/mol. The first-order chi connectivity index (χ1) is 9.79. The van der Waals surface area contributed by atoms with E-state index >= 15 is 0 Å². The molecule has 0 aliphatic rings. The normalized spacial score (nSPS) is 12.3. The third-order valence-corrected chi connectivity index (χ3v) is 3.65. The first kappa shape index (κ1) is 14.5. The van der Waals surface area contributed by atoms with Gasteiger partial charge in [0, 0.05) is 19.0 Å². The van der Waals surface area contributed by atoms with Crippen LogP contribution in [0.4, 0.5) is 0 Å². The summed E-state index contributed by atoms with van der Waals surface area (Å²) in [5, 5.41) is 0. The minimum atomic E-state index is 0.400. The Balaban J connectivity index is 1.87. The Hall–Kier alpha value is -1.86. The van der Waals surface area contributed by atoms with Crippen molar-refractivity contribution in [3.05, 3.63) is 84.4 Å². The van der Waals surface area contributed by atoms with Gasteiger partial charge in [-0.3, -0.25) is 0 Å². The third kappa shape index (κ3) is 4.36. The van der Waals surface area contributed by atoms with Gasteiger partial charge in [-0.25, -0.2) is 0 Å². The van der Waals surface area contributed by atoms with Gasteiger partial charge >= 0.3 is 0 Å². The van der Waals surface area contributed by atoms with E-state index in [2.05, 4.69) is 79.2 Å². The molecule has 20 heavy (non-hydrogen) atoms. The van der Waals surface area contributed by atoms with E-state index in [1.54, 1.807) is 0 Å². The highest BCUT2D eigenvalue weighted by Gasteiger charge is 2.10. The van der Waals surface area contributed by atoms with E-state index in [-0.39, 0.29) is 0 Å². The predicted octanol–water partition coefficient (Wildman–Crippen LogP) is 4.13. The Morgan fingerprint density at radius 2 is 1.60 bits per heavy atom. The molecule has 1 nitrogen and oxygen atoms in total. The van der Waals surface area contributed by atoms with Crippen molar-refractivity contribution in [2.24, 2.45) is 0 Å². The van der Waals surface area contributed by atoms with Crippen molar-refractivity contribution >= 4 is 0 Å². The molecule has 0 aliphatic carbocycles. The van der Waals surface area contributed by atoms with Gasteiger partial charge in [-0.2, -0.15) is 0 Å². The maximum atomic E-state index is 3.98. The summed E-state index contributed by atoms with van der Waals surface area (Å²) in [4.78, 5) is 2.38. The van der Waals surface area contributed by atoms with Gasteiger partial charge in [-0.05, 0) is 24.6 Å². The number of rotatable bonds is 7. The lowest BCUT2D eigenvalue weighted by molar-refractivity contribution is 0.330. The van der Waals surface area contributed by atoms with Gasteiger partial charge in [0.15, 0.2) is 0 Å². The summed E-state index contributed by atoms with van der Waals surface area (Å²) in [6.07, 6.45) is 3.14. The molecule has 1 atom stereocenters. The summed E-state index contributed by atoms with van der Waals surface area (Å²) in [5.41, 5.74) is 2.74. The Morgan fingerprint density at radius 1 is 1.00 bits per heavy atom. The third-order valence-electron chi connectivity index (χ3n) is 3.65. The van der Waals surface area contributed by atoms with Gasteiger partial charge in [0.2, 0.25) is 0 Å². The molecule has 2 aromatic rings. The molecule has 0 N–H and O–H groups in total. The van der Waals surface area contributed by atoms with Crippen molar-refractivity contribution in [1.82, 2.24) is 4.90 Å². The second-order valence-electron chi connectivity index (χ2n) is 5.25. The number of likely N-dealkylation sites (N-methyl/N-ethyl adjacent to an activating group) is 1. The first-order valence-corrected chi connectivity index (χ1v) is 7.19. The zero-order valence-electron chi connectivity index (χ0n) is 12.2. The zero-order chi connectivity index (χ0) is 14.2. The number of nitrogens with zero attached hydrogens (tertiary/aromatic N) is 1. The summed E-state index contributed by atoms with van der Waals surface area (Å²) in [6.45, 7) is 6.07. The first-order valence-electron chi connectivity index (χ1n) is 7.19. The summed E-state index contributed by atoms with van der Waals surface area (Å²) < 4.78 is 0. The van der Waals surface area contributed by atoms with E-state index in [1.165, 1.54) is 11.1 Å². The molecule has 2 aromatic carbocycles.